The fourth-order valence-electron chi connectivity index (χ4n) is 4.94. The first-order valence-electron chi connectivity index (χ1n) is 15.4. The van der Waals surface area contributed by atoms with Crippen LogP contribution in [0.2, 0.25) is 0 Å². The Bertz CT molecular complexity index is 1790. The van der Waals surface area contributed by atoms with Crippen molar-refractivity contribution in [1.29, 1.82) is 0 Å². The van der Waals surface area contributed by atoms with Crippen LogP contribution in [0.15, 0.2) is 91.0 Å². The number of rotatable bonds is 13. The third kappa shape index (κ3) is 9.77. The molecule has 2 amide bonds. The number of esters is 2. The second-order valence-corrected chi connectivity index (χ2v) is 11.2. The number of hydrogen-bond acceptors (Lipinski definition) is 7. The Labute approximate surface area is 281 Å². The number of nitrogens with zero attached hydrogens (tertiary/aromatic N) is 1. The zero-order chi connectivity index (χ0) is 35.6. The maximum Gasteiger partial charge on any atom is 0.417 e. The summed E-state index contributed by atoms with van der Waals surface area (Å²) >= 11 is 0. The highest BCUT2D eigenvalue weighted by Gasteiger charge is 2.37. The van der Waals surface area contributed by atoms with E-state index in [0.717, 1.165) is 6.07 Å². The van der Waals surface area contributed by atoms with Crippen molar-refractivity contribution in [3.05, 3.63) is 119 Å². The molecule has 256 valence electrons. The Balaban J connectivity index is 1.47. The van der Waals surface area contributed by atoms with Gasteiger partial charge >= 0.3 is 18.1 Å². The topological polar surface area (TPSA) is 122 Å². The van der Waals surface area contributed by atoms with Gasteiger partial charge in [0, 0.05) is 33.5 Å². The average molecular weight is 677 g/mol. The molecule has 0 unspecified atom stereocenters. The van der Waals surface area contributed by atoms with E-state index in [1.165, 1.54) is 67.5 Å². The predicted molar refractivity (Wildman–Crippen MR) is 176 cm³/mol. The molecule has 0 saturated carbocycles. The first kappa shape index (κ1) is 36.3. The number of amides is 2. The summed E-state index contributed by atoms with van der Waals surface area (Å²) in [6.07, 6.45) is -3.77. The van der Waals surface area contributed by atoms with Crippen molar-refractivity contribution in [3.63, 3.8) is 0 Å². The largest absolute Gasteiger partial charge is 0.462 e. The number of benzene rings is 4. The number of anilines is 1. The number of carbonyl (C=O) groups excluding carboxylic acids is 4. The number of aliphatic hydroxyl groups is 1. The summed E-state index contributed by atoms with van der Waals surface area (Å²) in [4.78, 5) is 52.5. The lowest BCUT2D eigenvalue weighted by Gasteiger charge is -2.19. The van der Waals surface area contributed by atoms with E-state index in [2.05, 4.69) is 5.32 Å². The van der Waals surface area contributed by atoms with Crippen LogP contribution in [0.4, 0.5) is 18.9 Å². The molecule has 0 aliphatic carbocycles. The van der Waals surface area contributed by atoms with Gasteiger partial charge in [0.25, 0.3) is 11.8 Å². The highest BCUT2D eigenvalue weighted by atomic mass is 19.4. The lowest BCUT2D eigenvalue weighted by molar-refractivity contribution is -0.138. The van der Waals surface area contributed by atoms with Gasteiger partial charge < -0.3 is 24.8 Å². The van der Waals surface area contributed by atoms with E-state index in [0.29, 0.717) is 30.4 Å². The molecule has 0 bridgehead atoms. The van der Waals surface area contributed by atoms with E-state index in [-0.39, 0.29) is 47.8 Å². The minimum absolute atomic E-state index is 0.0247. The van der Waals surface area contributed by atoms with E-state index >= 15 is 0 Å². The zero-order valence-corrected chi connectivity index (χ0v) is 26.9. The first-order chi connectivity index (χ1) is 23.4. The number of ether oxygens (including phenoxy) is 2. The predicted octanol–water partition coefficient (Wildman–Crippen LogP) is 6.79. The van der Waals surface area contributed by atoms with E-state index in [1.807, 2.05) is 0 Å². The zero-order valence-electron chi connectivity index (χ0n) is 26.9. The van der Waals surface area contributed by atoms with Gasteiger partial charge in [0.1, 0.15) is 5.75 Å². The molecule has 0 atom stereocenters. The van der Waals surface area contributed by atoms with Gasteiger partial charge in [-0.25, -0.2) is 4.79 Å². The number of aryl methyl sites for hydroxylation is 1. The maximum atomic E-state index is 14.1. The van der Waals surface area contributed by atoms with Crippen molar-refractivity contribution in [2.75, 3.05) is 32.6 Å². The fraction of sp³-hybridized carbons (Fsp3) is 0.243. The number of hydrogen-bond donors (Lipinski definition) is 2. The molecule has 4 rings (SSSR count). The van der Waals surface area contributed by atoms with Gasteiger partial charge in [-0.15, -0.1) is 0 Å². The molecule has 0 aliphatic heterocycles. The molecule has 4 aromatic rings. The van der Waals surface area contributed by atoms with Crippen LogP contribution in [-0.2, 0) is 22.1 Å². The van der Waals surface area contributed by atoms with Gasteiger partial charge in [-0.05, 0) is 72.0 Å². The maximum absolute atomic E-state index is 14.1. The van der Waals surface area contributed by atoms with E-state index in [9.17, 15) is 32.3 Å². The lowest BCUT2D eigenvalue weighted by atomic mass is 9.94. The van der Waals surface area contributed by atoms with Crippen molar-refractivity contribution >= 4 is 29.4 Å². The molecule has 12 heteroatoms. The summed E-state index contributed by atoms with van der Waals surface area (Å²) in [7, 11) is 3.02. The second kappa shape index (κ2) is 16.6. The minimum Gasteiger partial charge on any atom is -0.462 e. The quantitative estimate of drug-likeness (QED) is 0.0908. The van der Waals surface area contributed by atoms with E-state index in [1.54, 1.807) is 36.4 Å². The van der Waals surface area contributed by atoms with Gasteiger partial charge in [0.15, 0.2) is 0 Å². The Morgan fingerprint density at radius 3 is 2.22 bits per heavy atom. The van der Waals surface area contributed by atoms with E-state index < -0.39 is 41.1 Å². The molecule has 49 heavy (non-hydrogen) atoms. The first-order valence-corrected chi connectivity index (χ1v) is 15.4. The normalized spacial score (nSPS) is 11.1. The molecule has 2 N–H and O–H groups in total. The highest BCUT2D eigenvalue weighted by molar-refractivity contribution is 6.12. The average Bonchev–Trinajstić information content (AvgIpc) is 3.08. The monoisotopic (exact) mass is 676 g/mol. The van der Waals surface area contributed by atoms with Crippen LogP contribution in [0, 0.1) is 0 Å². The molecule has 0 fully saturated rings. The van der Waals surface area contributed by atoms with Crippen molar-refractivity contribution in [3.8, 4) is 16.9 Å². The van der Waals surface area contributed by atoms with Gasteiger partial charge in [-0.3, -0.25) is 14.4 Å². The van der Waals surface area contributed by atoms with Gasteiger partial charge in [-0.2, -0.15) is 13.2 Å². The number of aliphatic hydroxyl groups excluding tert-OH is 1. The molecule has 0 aromatic heterocycles. The van der Waals surface area contributed by atoms with Crippen molar-refractivity contribution < 1.29 is 46.9 Å². The minimum atomic E-state index is -4.82. The molecular weight excluding hydrogens is 641 g/mol. The third-order valence-electron chi connectivity index (χ3n) is 7.35. The van der Waals surface area contributed by atoms with Crippen molar-refractivity contribution in [2.45, 2.75) is 31.9 Å². The molecular formula is C37H35F3N2O7. The molecule has 9 nitrogen and oxygen atoms in total. The third-order valence-corrected chi connectivity index (χ3v) is 7.35. The van der Waals surface area contributed by atoms with Crippen molar-refractivity contribution in [2.24, 2.45) is 0 Å². The van der Waals surface area contributed by atoms with Gasteiger partial charge in [0.2, 0.25) is 0 Å². The van der Waals surface area contributed by atoms with Crippen LogP contribution >= 0.6 is 0 Å². The number of alkyl halides is 3. The molecule has 0 saturated heterocycles. The number of carbonyl (C=O) groups is 4. The van der Waals surface area contributed by atoms with Crippen LogP contribution in [0.25, 0.3) is 11.1 Å². The molecule has 0 radical (unpaired) electrons. The molecule has 0 aliphatic rings. The summed E-state index contributed by atoms with van der Waals surface area (Å²) in [6.45, 7) is -0.0124. The fourth-order valence-corrected chi connectivity index (χ4v) is 4.94. The highest BCUT2D eigenvalue weighted by Crippen LogP contribution is 2.37. The number of nitrogens with one attached hydrogen (secondary N) is 1. The summed E-state index contributed by atoms with van der Waals surface area (Å²) in [5.41, 5.74) is -0.151. The SMILES string of the molecule is CN(C)C(=O)c1cc(CCCC(=O)Oc2ccc(C(=O)OCCCO)cc2)ccc1NC(=O)c1c(-c2ccccc2)cccc1C(F)(F)F. The van der Waals surface area contributed by atoms with Crippen LogP contribution in [0.3, 0.4) is 0 Å². The molecule has 0 spiro atoms. The van der Waals surface area contributed by atoms with Gasteiger partial charge in [0.05, 0.1) is 34.5 Å². The summed E-state index contributed by atoms with van der Waals surface area (Å²) < 4.78 is 52.7. The Morgan fingerprint density at radius 1 is 0.857 bits per heavy atom. The number of halogens is 3. The van der Waals surface area contributed by atoms with Crippen LogP contribution < -0.4 is 10.1 Å². The van der Waals surface area contributed by atoms with Crippen LogP contribution in [0.1, 0.15) is 61.5 Å². The molecule has 0 heterocycles. The summed E-state index contributed by atoms with van der Waals surface area (Å²) in [5.74, 6) is -2.36. The van der Waals surface area contributed by atoms with E-state index in [4.69, 9.17) is 14.6 Å². The van der Waals surface area contributed by atoms with Crippen LogP contribution in [0.5, 0.6) is 5.75 Å². The molecule has 4 aromatic carbocycles. The van der Waals surface area contributed by atoms with Crippen LogP contribution in [-0.4, -0.2) is 61.1 Å². The Hall–Kier alpha value is -5.49. The van der Waals surface area contributed by atoms with Gasteiger partial charge in [-0.1, -0.05) is 48.5 Å². The van der Waals surface area contributed by atoms with Crippen molar-refractivity contribution in [1.82, 2.24) is 4.90 Å². The summed E-state index contributed by atoms with van der Waals surface area (Å²) in [6, 6.07) is 22.2. The second-order valence-electron chi connectivity index (χ2n) is 11.2. The smallest absolute Gasteiger partial charge is 0.417 e. The Morgan fingerprint density at radius 2 is 1.57 bits per heavy atom. The summed E-state index contributed by atoms with van der Waals surface area (Å²) in [5, 5.41) is 11.3. The standard InChI is InChI=1S/C37H35F3N2O7/c1-42(2)35(46)29-23-24(9-6-14-32(44)49-27-18-16-26(17-19-27)36(47)48-22-8-21-43)15-20-31(29)41-34(45)33-28(25-10-4-3-5-11-25)12-7-13-30(33)37(38,39)40/h3-5,7,10-13,15-20,23,43H,6,8-9,14,21-22H2,1-2H3,(H,41,45). The lowest BCUT2D eigenvalue weighted by Crippen LogP contribution is -2.25. The Kier molecular flexibility index (Phi) is 12.3.